The van der Waals surface area contributed by atoms with E-state index in [4.69, 9.17) is 9.47 Å². The highest BCUT2D eigenvalue weighted by molar-refractivity contribution is 6.19. The van der Waals surface area contributed by atoms with Crippen molar-refractivity contribution < 1.29 is 23.5 Å². The van der Waals surface area contributed by atoms with Crippen LogP contribution in [0.15, 0.2) is 42.0 Å². The Balaban J connectivity index is 2.11. The van der Waals surface area contributed by atoms with Crippen LogP contribution in [0.2, 0.25) is 0 Å². The highest BCUT2D eigenvalue weighted by atomic mass is 19.1. The molecule has 3 rings (SSSR count). The average Bonchev–Trinajstić information content (AvgIpc) is 2.42. The SMILES string of the molecule is CC1(C)OC(=O)C(=Cc2cccc3c(F)cccc23)C(=O)O1. The number of ether oxygens (including phenoxy) is 2. The largest absolute Gasteiger partial charge is 0.419 e. The van der Waals surface area contributed by atoms with Crippen LogP contribution in [0.25, 0.3) is 16.8 Å². The Kier molecular flexibility index (Phi) is 3.20. The zero-order chi connectivity index (χ0) is 15.9. The van der Waals surface area contributed by atoms with E-state index in [0.29, 0.717) is 16.3 Å². The van der Waals surface area contributed by atoms with Gasteiger partial charge in [0.25, 0.3) is 5.79 Å². The van der Waals surface area contributed by atoms with E-state index in [1.807, 2.05) is 0 Å². The molecular weight excluding hydrogens is 287 g/mol. The van der Waals surface area contributed by atoms with Gasteiger partial charge >= 0.3 is 11.9 Å². The maximum absolute atomic E-state index is 13.8. The number of hydrogen-bond donors (Lipinski definition) is 0. The highest BCUT2D eigenvalue weighted by Crippen LogP contribution is 2.27. The van der Waals surface area contributed by atoms with Crippen molar-refractivity contribution >= 4 is 28.8 Å². The van der Waals surface area contributed by atoms with Crippen LogP contribution in [-0.4, -0.2) is 17.7 Å². The van der Waals surface area contributed by atoms with Gasteiger partial charge in [0.1, 0.15) is 11.4 Å². The fourth-order valence-electron chi connectivity index (χ4n) is 2.36. The first-order chi connectivity index (χ1) is 10.4. The van der Waals surface area contributed by atoms with Crippen molar-refractivity contribution in [1.82, 2.24) is 0 Å². The van der Waals surface area contributed by atoms with Gasteiger partial charge in [-0.3, -0.25) is 0 Å². The number of fused-ring (bicyclic) bond motifs is 1. The Morgan fingerprint density at radius 2 is 1.55 bits per heavy atom. The van der Waals surface area contributed by atoms with Crippen LogP contribution < -0.4 is 0 Å². The van der Waals surface area contributed by atoms with Gasteiger partial charge in [0.2, 0.25) is 0 Å². The normalized spacial score (nSPS) is 17.1. The summed E-state index contributed by atoms with van der Waals surface area (Å²) >= 11 is 0. The average molecular weight is 300 g/mol. The number of carbonyl (C=O) groups is 2. The molecule has 1 fully saturated rings. The topological polar surface area (TPSA) is 52.6 Å². The van der Waals surface area contributed by atoms with Crippen LogP contribution in [0.3, 0.4) is 0 Å². The van der Waals surface area contributed by atoms with Crippen LogP contribution in [0, 0.1) is 5.82 Å². The third-order valence-electron chi connectivity index (χ3n) is 3.32. The van der Waals surface area contributed by atoms with Gasteiger partial charge in [0.05, 0.1) is 0 Å². The summed E-state index contributed by atoms with van der Waals surface area (Å²) in [5, 5.41) is 1.01. The first-order valence-corrected chi connectivity index (χ1v) is 6.73. The zero-order valence-corrected chi connectivity index (χ0v) is 12.1. The number of benzene rings is 2. The van der Waals surface area contributed by atoms with Crippen molar-refractivity contribution in [2.75, 3.05) is 0 Å². The number of esters is 2. The standard InChI is InChI=1S/C17H13FO4/c1-17(2)21-15(19)13(16(20)22-17)9-10-5-3-7-12-11(10)6-4-8-14(12)18/h3-9H,1-2H3. The molecule has 0 N–H and O–H groups in total. The minimum Gasteiger partial charge on any atom is -0.419 e. The monoisotopic (exact) mass is 300 g/mol. The summed E-state index contributed by atoms with van der Waals surface area (Å²) in [5.74, 6) is -3.16. The molecule has 22 heavy (non-hydrogen) atoms. The molecule has 2 aromatic carbocycles. The molecule has 1 saturated heterocycles. The summed E-state index contributed by atoms with van der Waals surface area (Å²) in [4.78, 5) is 23.9. The van der Waals surface area contributed by atoms with Crippen molar-refractivity contribution in [2.24, 2.45) is 0 Å². The van der Waals surface area contributed by atoms with E-state index in [1.54, 1.807) is 30.3 Å². The van der Waals surface area contributed by atoms with Crippen molar-refractivity contribution in [3.63, 3.8) is 0 Å². The summed E-state index contributed by atoms with van der Waals surface area (Å²) in [6.45, 7) is 2.96. The van der Waals surface area contributed by atoms with Crippen LogP contribution in [0.5, 0.6) is 0 Å². The second-order valence-corrected chi connectivity index (χ2v) is 5.42. The number of carbonyl (C=O) groups excluding carboxylic acids is 2. The fraction of sp³-hybridized carbons (Fsp3) is 0.176. The van der Waals surface area contributed by atoms with Crippen LogP contribution >= 0.6 is 0 Å². The molecule has 0 aromatic heterocycles. The molecule has 1 heterocycles. The first kappa shape index (κ1) is 14.3. The van der Waals surface area contributed by atoms with Crippen molar-refractivity contribution in [3.05, 3.63) is 53.4 Å². The summed E-state index contributed by atoms with van der Waals surface area (Å²) in [6, 6.07) is 9.61. The summed E-state index contributed by atoms with van der Waals surface area (Å²) in [6.07, 6.45) is 1.36. The molecule has 1 aliphatic rings. The van der Waals surface area contributed by atoms with Crippen LogP contribution in [-0.2, 0) is 19.1 Å². The molecule has 0 radical (unpaired) electrons. The second kappa shape index (κ2) is 4.94. The smallest absolute Gasteiger partial charge is 0.348 e. The molecule has 4 nitrogen and oxygen atoms in total. The van der Waals surface area contributed by atoms with Gasteiger partial charge < -0.3 is 9.47 Å². The molecule has 0 unspecified atom stereocenters. The van der Waals surface area contributed by atoms with Crippen LogP contribution in [0.4, 0.5) is 4.39 Å². The number of halogens is 1. The van der Waals surface area contributed by atoms with Gasteiger partial charge in [-0.1, -0.05) is 30.3 Å². The van der Waals surface area contributed by atoms with E-state index in [9.17, 15) is 14.0 Å². The molecule has 0 aliphatic carbocycles. The predicted octanol–water partition coefficient (Wildman–Crippen LogP) is 3.20. The molecule has 1 aliphatic heterocycles. The van der Waals surface area contributed by atoms with Crippen molar-refractivity contribution in [3.8, 4) is 0 Å². The van der Waals surface area contributed by atoms with Gasteiger partial charge in [-0.25, -0.2) is 14.0 Å². The zero-order valence-electron chi connectivity index (χ0n) is 12.1. The lowest BCUT2D eigenvalue weighted by atomic mass is 10.0. The highest BCUT2D eigenvalue weighted by Gasteiger charge is 2.38. The van der Waals surface area contributed by atoms with E-state index in [1.165, 1.54) is 26.0 Å². The maximum Gasteiger partial charge on any atom is 0.348 e. The Morgan fingerprint density at radius 3 is 2.23 bits per heavy atom. The summed E-state index contributed by atoms with van der Waals surface area (Å²) in [5.41, 5.74) is 0.330. The van der Waals surface area contributed by atoms with E-state index < -0.39 is 17.7 Å². The molecule has 0 bridgehead atoms. The van der Waals surface area contributed by atoms with E-state index in [-0.39, 0.29) is 11.4 Å². The predicted molar refractivity (Wildman–Crippen MR) is 78.1 cm³/mol. The van der Waals surface area contributed by atoms with E-state index in [2.05, 4.69) is 0 Å². The van der Waals surface area contributed by atoms with Gasteiger partial charge in [0, 0.05) is 19.2 Å². The number of rotatable bonds is 1. The summed E-state index contributed by atoms with van der Waals surface area (Å²) < 4.78 is 23.9. The maximum atomic E-state index is 13.8. The molecule has 0 atom stereocenters. The Morgan fingerprint density at radius 1 is 0.955 bits per heavy atom. The lowest BCUT2D eigenvalue weighted by molar-refractivity contribution is -0.222. The van der Waals surface area contributed by atoms with Crippen molar-refractivity contribution in [1.29, 1.82) is 0 Å². The van der Waals surface area contributed by atoms with E-state index >= 15 is 0 Å². The molecular formula is C17H13FO4. The summed E-state index contributed by atoms with van der Waals surface area (Å²) in [7, 11) is 0. The Labute approximate surface area is 126 Å². The Bertz CT molecular complexity index is 799. The van der Waals surface area contributed by atoms with Gasteiger partial charge in [-0.05, 0) is 23.1 Å². The molecule has 0 saturated carbocycles. The molecule has 5 heteroatoms. The molecule has 2 aromatic rings. The second-order valence-electron chi connectivity index (χ2n) is 5.42. The van der Waals surface area contributed by atoms with Crippen molar-refractivity contribution in [2.45, 2.75) is 19.6 Å². The lowest BCUT2D eigenvalue weighted by Crippen LogP contribution is -2.41. The van der Waals surface area contributed by atoms with Crippen LogP contribution in [0.1, 0.15) is 19.4 Å². The quantitative estimate of drug-likeness (QED) is 0.461. The number of cyclic esters (lactones) is 2. The minimum atomic E-state index is -1.28. The third kappa shape index (κ3) is 2.45. The third-order valence-corrected chi connectivity index (χ3v) is 3.32. The molecule has 112 valence electrons. The van der Waals surface area contributed by atoms with Gasteiger partial charge in [0.15, 0.2) is 0 Å². The minimum absolute atomic E-state index is 0.212. The van der Waals surface area contributed by atoms with Gasteiger partial charge in [-0.15, -0.1) is 0 Å². The molecule has 0 spiro atoms. The Hall–Kier alpha value is -2.69. The fourth-order valence-corrected chi connectivity index (χ4v) is 2.36. The lowest BCUT2D eigenvalue weighted by Gasteiger charge is -2.29. The first-order valence-electron chi connectivity index (χ1n) is 6.73. The number of hydrogen-bond acceptors (Lipinski definition) is 4. The van der Waals surface area contributed by atoms with E-state index in [0.717, 1.165) is 0 Å². The van der Waals surface area contributed by atoms with Gasteiger partial charge in [-0.2, -0.15) is 0 Å². The molecule has 0 amide bonds.